The maximum Gasteiger partial charge on any atom is 0.407 e. The molecule has 0 saturated carbocycles. The Morgan fingerprint density at radius 1 is 1.29 bits per heavy atom. The van der Waals surface area contributed by atoms with Crippen molar-refractivity contribution < 1.29 is 22.5 Å². The van der Waals surface area contributed by atoms with E-state index >= 15 is 0 Å². The van der Waals surface area contributed by atoms with E-state index in [9.17, 15) is 18.3 Å². The summed E-state index contributed by atoms with van der Waals surface area (Å²) in [6.07, 6.45) is 0.225. The molecule has 0 aliphatic carbocycles. The molecule has 1 fully saturated rings. The number of benzene rings is 1. The van der Waals surface area contributed by atoms with Gasteiger partial charge in [-0.05, 0) is 37.3 Å². The van der Waals surface area contributed by atoms with Crippen LogP contribution in [0, 0.1) is 12.3 Å². The first-order valence-corrected chi connectivity index (χ1v) is 9.37. The molecule has 2 rings (SSSR count). The van der Waals surface area contributed by atoms with E-state index in [1.165, 1.54) is 17.0 Å². The van der Waals surface area contributed by atoms with Gasteiger partial charge in [0.15, 0.2) is 0 Å². The Bertz CT molecular complexity index is 705. The summed E-state index contributed by atoms with van der Waals surface area (Å²) in [7, 11) is -3.93. The minimum absolute atomic E-state index is 0.0806. The van der Waals surface area contributed by atoms with Crippen molar-refractivity contribution in [1.82, 2.24) is 4.90 Å². The predicted octanol–water partition coefficient (Wildman–Crippen LogP) is 3.26. The predicted molar refractivity (Wildman–Crippen MR) is 90.5 cm³/mol. The molecule has 1 saturated heterocycles. The summed E-state index contributed by atoms with van der Waals surface area (Å²) in [5.74, 6) is 0. The molecule has 7 heteroatoms. The topological polar surface area (TPSA) is 83.9 Å². The second-order valence-electron chi connectivity index (χ2n) is 7.35. The minimum atomic E-state index is -3.93. The number of aryl methyl sites for hydroxylation is 1. The number of carboxylic acid groups (broad SMARTS) is 1. The fraction of sp³-hybridized carbons (Fsp3) is 0.588. The second kappa shape index (κ2) is 6.37. The van der Waals surface area contributed by atoms with Gasteiger partial charge in [0.25, 0.3) is 10.1 Å². The van der Waals surface area contributed by atoms with Crippen LogP contribution in [-0.4, -0.2) is 43.2 Å². The molecular weight excluding hydrogens is 330 g/mol. The lowest BCUT2D eigenvalue weighted by Crippen LogP contribution is -2.58. The molecule has 1 aliphatic heterocycles. The van der Waals surface area contributed by atoms with Gasteiger partial charge in [0.2, 0.25) is 0 Å². The molecule has 1 aliphatic rings. The Kier molecular flexibility index (Phi) is 4.97. The number of hydrogen-bond acceptors (Lipinski definition) is 4. The Hall–Kier alpha value is -1.60. The molecule has 1 unspecified atom stereocenters. The summed E-state index contributed by atoms with van der Waals surface area (Å²) in [4.78, 5) is 13.0. The van der Waals surface area contributed by atoms with E-state index in [2.05, 4.69) is 0 Å². The molecule has 0 aromatic heterocycles. The zero-order chi connectivity index (χ0) is 18.2. The van der Waals surface area contributed by atoms with E-state index < -0.39 is 27.2 Å². The lowest BCUT2D eigenvalue weighted by Gasteiger charge is -2.46. The van der Waals surface area contributed by atoms with Gasteiger partial charge in [-0.2, -0.15) is 8.42 Å². The Morgan fingerprint density at radius 3 is 2.38 bits per heavy atom. The van der Waals surface area contributed by atoms with Gasteiger partial charge in [-0.3, -0.25) is 9.08 Å². The molecule has 134 valence electrons. The number of nitrogens with zero attached hydrogens (tertiary/aromatic N) is 1. The molecule has 1 aromatic carbocycles. The van der Waals surface area contributed by atoms with Gasteiger partial charge >= 0.3 is 6.09 Å². The summed E-state index contributed by atoms with van der Waals surface area (Å²) in [5.41, 5.74) is -0.366. The van der Waals surface area contributed by atoms with Crippen molar-refractivity contribution in [3.8, 4) is 0 Å². The van der Waals surface area contributed by atoms with Gasteiger partial charge in [0.1, 0.15) is 0 Å². The summed E-state index contributed by atoms with van der Waals surface area (Å²) in [5, 5.41) is 9.51. The minimum Gasteiger partial charge on any atom is -0.465 e. The van der Waals surface area contributed by atoms with Crippen molar-refractivity contribution in [1.29, 1.82) is 0 Å². The number of carbonyl (C=O) groups is 1. The molecule has 0 radical (unpaired) electrons. The van der Waals surface area contributed by atoms with Crippen molar-refractivity contribution in [2.45, 2.75) is 51.0 Å². The highest BCUT2D eigenvalue weighted by molar-refractivity contribution is 7.86. The molecule has 1 heterocycles. The van der Waals surface area contributed by atoms with Crippen LogP contribution in [0.2, 0.25) is 0 Å². The third-order valence-corrected chi connectivity index (χ3v) is 6.16. The summed E-state index contributed by atoms with van der Waals surface area (Å²) in [6, 6.07) is 6.40. The Labute approximate surface area is 143 Å². The Balaban J connectivity index is 2.29. The standard InChI is InChI=1S/C17H25NO5S/c1-13-6-8-14(9-7-13)24(21,22)23-12-17(16(2,3)4)10-5-11-18(17)15(19)20/h6-9H,5,10-12H2,1-4H3,(H,19,20). The van der Waals surface area contributed by atoms with Gasteiger partial charge in [0.05, 0.1) is 17.0 Å². The van der Waals surface area contributed by atoms with Gasteiger partial charge in [-0.1, -0.05) is 38.5 Å². The average Bonchev–Trinajstić information content (AvgIpc) is 2.91. The molecule has 0 spiro atoms. The molecule has 1 N–H and O–H groups in total. The third-order valence-electron chi connectivity index (χ3n) is 4.88. The molecule has 24 heavy (non-hydrogen) atoms. The largest absolute Gasteiger partial charge is 0.465 e. The van der Waals surface area contributed by atoms with Crippen LogP contribution in [0.4, 0.5) is 4.79 Å². The van der Waals surface area contributed by atoms with Crippen molar-refractivity contribution in [2.24, 2.45) is 5.41 Å². The average molecular weight is 355 g/mol. The monoisotopic (exact) mass is 355 g/mol. The van der Waals surface area contributed by atoms with Crippen LogP contribution >= 0.6 is 0 Å². The highest BCUT2D eigenvalue weighted by Crippen LogP contribution is 2.44. The van der Waals surface area contributed by atoms with Crippen molar-refractivity contribution in [2.75, 3.05) is 13.2 Å². The molecule has 6 nitrogen and oxygen atoms in total. The first kappa shape index (κ1) is 18.7. The SMILES string of the molecule is Cc1ccc(S(=O)(=O)OCC2(C(C)(C)C)CCCN2C(=O)O)cc1. The highest BCUT2D eigenvalue weighted by atomic mass is 32.2. The van der Waals surface area contributed by atoms with Gasteiger partial charge in [-0.25, -0.2) is 4.79 Å². The molecular formula is C17H25NO5S. The van der Waals surface area contributed by atoms with Gasteiger partial charge < -0.3 is 5.11 Å². The zero-order valence-corrected chi connectivity index (χ0v) is 15.4. The van der Waals surface area contributed by atoms with Crippen LogP contribution in [0.15, 0.2) is 29.2 Å². The van der Waals surface area contributed by atoms with Crippen molar-refractivity contribution in [3.63, 3.8) is 0 Å². The molecule has 0 bridgehead atoms. The van der Waals surface area contributed by atoms with Gasteiger partial charge in [0, 0.05) is 6.54 Å². The quantitative estimate of drug-likeness (QED) is 0.838. The van der Waals surface area contributed by atoms with E-state index in [0.717, 1.165) is 5.56 Å². The summed E-state index contributed by atoms with van der Waals surface area (Å²) >= 11 is 0. The van der Waals surface area contributed by atoms with E-state index in [1.807, 2.05) is 27.7 Å². The van der Waals surface area contributed by atoms with Crippen LogP contribution in [0.3, 0.4) is 0 Å². The summed E-state index contributed by atoms with van der Waals surface area (Å²) < 4.78 is 30.2. The zero-order valence-electron chi connectivity index (χ0n) is 14.6. The van der Waals surface area contributed by atoms with Crippen LogP contribution in [0.1, 0.15) is 39.2 Å². The number of amides is 1. The highest BCUT2D eigenvalue weighted by Gasteiger charge is 2.52. The number of rotatable bonds is 4. The van der Waals surface area contributed by atoms with Crippen LogP contribution in [0.25, 0.3) is 0 Å². The lowest BCUT2D eigenvalue weighted by molar-refractivity contribution is -0.00205. The maximum absolute atomic E-state index is 12.5. The van der Waals surface area contributed by atoms with E-state index in [1.54, 1.807) is 12.1 Å². The van der Waals surface area contributed by atoms with Gasteiger partial charge in [-0.15, -0.1) is 0 Å². The molecule has 1 atom stereocenters. The van der Waals surface area contributed by atoms with Crippen LogP contribution < -0.4 is 0 Å². The van der Waals surface area contributed by atoms with Crippen molar-refractivity contribution >= 4 is 16.2 Å². The van der Waals surface area contributed by atoms with Crippen molar-refractivity contribution in [3.05, 3.63) is 29.8 Å². The summed E-state index contributed by atoms with van der Waals surface area (Å²) in [6.45, 7) is 7.82. The lowest BCUT2D eigenvalue weighted by atomic mass is 9.72. The third kappa shape index (κ3) is 3.42. The smallest absolute Gasteiger partial charge is 0.407 e. The second-order valence-corrected chi connectivity index (χ2v) is 8.96. The first-order valence-electron chi connectivity index (χ1n) is 7.96. The molecule has 1 amide bonds. The Morgan fingerprint density at radius 2 is 1.88 bits per heavy atom. The maximum atomic E-state index is 12.5. The van der Waals surface area contributed by atoms with E-state index in [-0.39, 0.29) is 11.5 Å². The fourth-order valence-electron chi connectivity index (χ4n) is 3.25. The van der Waals surface area contributed by atoms with Crippen LogP contribution in [-0.2, 0) is 14.3 Å². The van der Waals surface area contributed by atoms with E-state index in [0.29, 0.717) is 19.4 Å². The fourth-order valence-corrected chi connectivity index (χ4v) is 4.21. The first-order chi connectivity index (χ1) is 11.0. The van der Waals surface area contributed by atoms with Crippen LogP contribution in [0.5, 0.6) is 0 Å². The normalized spacial score (nSPS) is 21.9. The molecule has 1 aromatic rings. The number of likely N-dealkylation sites (tertiary alicyclic amines) is 1. The number of hydrogen-bond donors (Lipinski definition) is 1. The van der Waals surface area contributed by atoms with E-state index in [4.69, 9.17) is 4.18 Å².